The van der Waals surface area contributed by atoms with Crippen LogP contribution in [0.3, 0.4) is 0 Å². The first kappa shape index (κ1) is 17.1. The van der Waals surface area contributed by atoms with E-state index in [1.807, 2.05) is 13.8 Å². The van der Waals surface area contributed by atoms with Gasteiger partial charge in [0.25, 0.3) is 0 Å². The SMILES string of the molecule is CCCCOC(=O)C(OC(=O)CCCC)c1ccccn1. The molecule has 5 heteroatoms. The van der Waals surface area contributed by atoms with E-state index in [1.54, 1.807) is 24.4 Å². The Morgan fingerprint density at radius 2 is 1.95 bits per heavy atom. The van der Waals surface area contributed by atoms with E-state index in [1.165, 1.54) is 0 Å². The lowest BCUT2D eigenvalue weighted by Gasteiger charge is -2.16. The number of hydrogen-bond donors (Lipinski definition) is 0. The number of rotatable bonds is 9. The van der Waals surface area contributed by atoms with Crippen molar-refractivity contribution in [1.82, 2.24) is 4.98 Å². The van der Waals surface area contributed by atoms with E-state index in [4.69, 9.17) is 9.47 Å². The third kappa shape index (κ3) is 6.38. The molecule has 0 fully saturated rings. The fourth-order valence-electron chi connectivity index (χ4n) is 1.66. The molecule has 0 aliphatic rings. The van der Waals surface area contributed by atoms with Crippen LogP contribution in [0, 0.1) is 0 Å². The number of aromatic nitrogens is 1. The molecular formula is C16H23NO4. The fraction of sp³-hybridized carbons (Fsp3) is 0.562. The molecular weight excluding hydrogens is 270 g/mol. The van der Waals surface area contributed by atoms with Crippen molar-refractivity contribution in [2.24, 2.45) is 0 Å². The molecule has 0 N–H and O–H groups in total. The highest BCUT2D eigenvalue weighted by molar-refractivity contribution is 5.80. The highest BCUT2D eigenvalue weighted by Gasteiger charge is 2.27. The maximum Gasteiger partial charge on any atom is 0.353 e. The third-order valence-electron chi connectivity index (χ3n) is 2.90. The Labute approximate surface area is 125 Å². The summed E-state index contributed by atoms with van der Waals surface area (Å²) in [6.07, 6.45) is 4.11. The average Bonchev–Trinajstić information content (AvgIpc) is 2.51. The van der Waals surface area contributed by atoms with Gasteiger partial charge in [0.05, 0.1) is 12.3 Å². The lowest BCUT2D eigenvalue weighted by atomic mass is 10.2. The van der Waals surface area contributed by atoms with Gasteiger partial charge in [0.2, 0.25) is 6.10 Å². The molecule has 0 spiro atoms. The Bertz CT molecular complexity index is 433. The minimum absolute atomic E-state index is 0.294. The van der Waals surface area contributed by atoms with E-state index in [9.17, 15) is 9.59 Å². The molecule has 1 aromatic rings. The molecule has 0 bridgehead atoms. The van der Waals surface area contributed by atoms with E-state index in [-0.39, 0.29) is 0 Å². The number of carbonyl (C=O) groups is 2. The predicted octanol–water partition coefficient (Wildman–Crippen LogP) is 3.20. The standard InChI is InChI=1S/C16H23NO4/c1-3-5-10-14(18)21-15(13-9-7-8-11-17-13)16(19)20-12-6-4-2/h7-9,11,15H,3-6,10,12H2,1-2H3. The number of pyridine rings is 1. The Kier molecular flexibility index (Phi) is 8.09. The summed E-state index contributed by atoms with van der Waals surface area (Å²) in [5.41, 5.74) is 0.392. The second-order valence-corrected chi connectivity index (χ2v) is 4.75. The number of unbranched alkanes of at least 4 members (excludes halogenated alkanes) is 2. The number of esters is 2. The van der Waals surface area contributed by atoms with Gasteiger partial charge in [-0.15, -0.1) is 0 Å². The van der Waals surface area contributed by atoms with Crippen molar-refractivity contribution >= 4 is 11.9 Å². The van der Waals surface area contributed by atoms with E-state index in [0.717, 1.165) is 25.7 Å². The number of ether oxygens (including phenoxy) is 2. The molecule has 1 rings (SSSR count). The normalized spacial score (nSPS) is 11.7. The van der Waals surface area contributed by atoms with Gasteiger partial charge in [0, 0.05) is 12.6 Å². The first-order chi connectivity index (χ1) is 10.2. The second kappa shape index (κ2) is 9.91. The van der Waals surface area contributed by atoms with Gasteiger partial charge in [-0.1, -0.05) is 32.8 Å². The van der Waals surface area contributed by atoms with Crippen LogP contribution in [0.15, 0.2) is 24.4 Å². The summed E-state index contributed by atoms with van der Waals surface area (Å²) in [7, 11) is 0. The highest BCUT2D eigenvalue weighted by atomic mass is 16.6. The zero-order chi connectivity index (χ0) is 15.5. The van der Waals surface area contributed by atoms with Crippen LogP contribution in [0.1, 0.15) is 57.7 Å². The summed E-state index contributed by atoms with van der Waals surface area (Å²) in [5.74, 6) is -0.966. The second-order valence-electron chi connectivity index (χ2n) is 4.75. The van der Waals surface area contributed by atoms with Crippen LogP contribution in [-0.4, -0.2) is 23.5 Å². The van der Waals surface area contributed by atoms with Crippen molar-refractivity contribution in [1.29, 1.82) is 0 Å². The van der Waals surface area contributed by atoms with Crippen LogP contribution in [0.25, 0.3) is 0 Å². The van der Waals surface area contributed by atoms with Gasteiger partial charge >= 0.3 is 11.9 Å². The first-order valence-electron chi connectivity index (χ1n) is 7.46. The smallest absolute Gasteiger partial charge is 0.353 e. The first-order valence-corrected chi connectivity index (χ1v) is 7.46. The number of carbonyl (C=O) groups excluding carboxylic acids is 2. The molecule has 1 aromatic heterocycles. The lowest BCUT2D eigenvalue weighted by molar-refractivity contribution is -0.169. The van der Waals surface area contributed by atoms with Crippen molar-refractivity contribution < 1.29 is 19.1 Å². The topological polar surface area (TPSA) is 65.5 Å². The molecule has 0 aliphatic carbocycles. The van der Waals surface area contributed by atoms with Crippen LogP contribution >= 0.6 is 0 Å². The molecule has 1 unspecified atom stereocenters. The van der Waals surface area contributed by atoms with Gasteiger partial charge < -0.3 is 9.47 Å². The molecule has 116 valence electrons. The van der Waals surface area contributed by atoms with E-state index < -0.39 is 18.0 Å². The lowest BCUT2D eigenvalue weighted by Crippen LogP contribution is -2.23. The predicted molar refractivity (Wildman–Crippen MR) is 78.5 cm³/mol. The van der Waals surface area contributed by atoms with Crippen molar-refractivity contribution in [3.8, 4) is 0 Å². The zero-order valence-corrected chi connectivity index (χ0v) is 12.7. The van der Waals surface area contributed by atoms with Gasteiger partial charge in [-0.2, -0.15) is 0 Å². The molecule has 1 atom stereocenters. The van der Waals surface area contributed by atoms with Gasteiger partial charge in [0.15, 0.2) is 0 Å². The Morgan fingerprint density at radius 3 is 2.57 bits per heavy atom. The molecule has 21 heavy (non-hydrogen) atoms. The Hall–Kier alpha value is -1.91. The Morgan fingerprint density at radius 1 is 1.19 bits per heavy atom. The Balaban J connectivity index is 2.70. The average molecular weight is 293 g/mol. The summed E-state index contributed by atoms with van der Waals surface area (Å²) in [4.78, 5) is 27.9. The van der Waals surface area contributed by atoms with Gasteiger partial charge in [0.1, 0.15) is 0 Å². The summed E-state index contributed by atoms with van der Waals surface area (Å²) in [5, 5.41) is 0. The van der Waals surface area contributed by atoms with Crippen molar-refractivity contribution in [2.75, 3.05) is 6.61 Å². The minimum Gasteiger partial charge on any atom is -0.463 e. The van der Waals surface area contributed by atoms with Crippen LogP contribution in [0.2, 0.25) is 0 Å². The zero-order valence-electron chi connectivity index (χ0n) is 12.7. The fourth-order valence-corrected chi connectivity index (χ4v) is 1.66. The highest BCUT2D eigenvalue weighted by Crippen LogP contribution is 2.18. The third-order valence-corrected chi connectivity index (χ3v) is 2.90. The van der Waals surface area contributed by atoms with Crippen molar-refractivity contribution in [3.05, 3.63) is 30.1 Å². The maximum absolute atomic E-state index is 12.1. The van der Waals surface area contributed by atoms with Crippen LogP contribution in [-0.2, 0) is 19.1 Å². The monoisotopic (exact) mass is 293 g/mol. The molecule has 0 saturated heterocycles. The quantitative estimate of drug-likeness (QED) is 0.516. The minimum atomic E-state index is -1.08. The van der Waals surface area contributed by atoms with Gasteiger partial charge in [-0.3, -0.25) is 9.78 Å². The molecule has 0 amide bonds. The van der Waals surface area contributed by atoms with Crippen molar-refractivity contribution in [3.63, 3.8) is 0 Å². The van der Waals surface area contributed by atoms with E-state index >= 15 is 0 Å². The van der Waals surface area contributed by atoms with Crippen LogP contribution < -0.4 is 0 Å². The summed E-state index contributed by atoms with van der Waals surface area (Å²) < 4.78 is 10.4. The number of nitrogens with zero attached hydrogens (tertiary/aromatic N) is 1. The molecule has 0 radical (unpaired) electrons. The molecule has 0 aliphatic heterocycles. The largest absolute Gasteiger partial charge is 0.463 e. The maximum atomic E-state index is 12.1. The summed E-state index contributed by atoms with van der Waals surface area (Å²) in [6, 6.07) is 5.13. The van der Waals surface area contributed by atoms with E-state index in [0.29, 0.717) is 18.7 Å². The van der Waals surface area contributed by atoms with Crippen LogP contribution in [0.5, 0.6) is 0 Å². The van der Waals surface area contributed by atoms with Gasteiger partial charge in [-0.05, 0) is 25.0 Å². The molecule has 0 aromatic carbocycles. The molecule has 0 saturated carbocycles. The van der Waals surface area contributed by atoms with Gasteiger partial charge in [-0.25, -0.2) is 4.79 Å². The summed E-state index contributed by atoms with van der Waals surface area (Å²) in [6.45, 7) is 4.32. The van der Waals surface area contributed by atoms with E-state index in [2.05, 4.69) is 4.98 Å². The molecule has 1 heterocycles. The summed E-state index contributed by atoms with van der Waals surface area (Å²) >= 11 is 0. The molecule has 5 nitrogen and oxygen atoms in total. The van der Waals surface area contributed by atoms with Crippen LogP contribution in [0.4, 0.5) is 0 Å². The number of hydrogen-bond acceptors (Lipinski definition) is 5. The van der Waals surface area contributed by atoms with Crippen molar-refractivity contribution in [2.45, 2.75) is 52.1 Å².